The molecule has 1 aromatic carbocycles. The van der Waals surface area contributed by atoms with Crippen LogP contribution in [0.15, 0.2) is 24.3 Å². The second-order valence-electron chi connectivity index (χ2n) is 4.69. The first-order valence-electron chi connectivity index (χ1n) is 6.11. The SMILES string of the molecule is COc1ccc(CC(=O)N[C@@H]2CCS(=O)(=O)C2)cc1. The number of ether oxygens (including phenoxy) is 1. The molecule has 19 heavy (non-hydrogen) atoms. The summed E-state index contributed by atoms with van der Waals surface area (Å²) in [6.45, 7) is 0. The van der Waals surface area contributed by atoms with Gasteiger partial charge in [-0.05, 0) is 24.1 Å². The lowest BCUT2D eigenvalue weighted by Gasteiger charge is -2.10. The topological polar surface area (TPSA) is 72.5 Å². The first kappa shape index (κ1) is 13.9. The van der Waals surface area contributed by atoms with Gasteiger partial charge in [-0.1, -0.05) is 12.1 Å². The van der Waals surface area contributed by atoms with Crippen molar-refractivity contribution in [3.8, 4) is 5.75 Å². The Morgan fingerprint density at radius 3 is 2.58 bits per heavy atom. The molecule has 6 heteroatoms. The van der Waals surface area contributed by atoms with Gasteiger partial charge in [0.25, 0.3) is 0 Å². The summed E-state index contributed by atoms with van der Waals surface area (Å²) in [5, 5.41) is 2.76. The minimum Gasteiger partial charge on any atom is -0.497 e. The molecule has 1 heterocycles. The molecule has 0 unspecified atom stereocenters. The summed E-state index contributed by atoms with van der Waals surface area (Å²) in [6, 6.07) is 6.99. The van der Waals surface area contributed by atoms with Gasteiger partial charge in [-0.3, -0.25) is 4.79 Å². The van der Waals surface area contributed by atoms with Gasteiger partial charge in [0, 0.05) is 6.04 Å². The van der Waals surface area contributed by atoms with Gasteiger partial charge >= 0.3 is 0 Å². The average molecular weight is 283 g/mol. The van der Waals surface area contributed by atoms with Crippen molar-refractivity contribution in [2.75, 3.05) is 18.6 Å². The number of amides is 1. The Balaban J connectivity index is 1.87. The Bertz CT molecular complexity index is 551. The average Bonchev–Trinajstić information content (AvgIpc) is 2.69. The van der Waals surface area contributed by atoms with E-state index in [1.807, 2.05) is 12.1 Å². The highest BCUT2D eigenvalue weighted by molar-refractivity contribution is 7.91. The van der Waals surface area contributed by atoms with Crippen molar-refractivity contribution in [2.45, 2.75) is 18.9 Å². The highest BCUT2D eigenvalue weighted by Gasteiger charge is 2.28. The van der Waals surface area contributed by atoms with Crippen LogP contribution in [0.3, 0.4) is 0 Å². The quantitative estimate of drug-likeness (QED) is 0.875. The number of carbonyl (C=O) groups is 1. The maximum atomic E-state index is 11.8. The van der Waals surface area contributed by atoms with E-state index in [0.29, 0.717) is 6.42 Å². The van der Waals surface area contributed by atoms with Crippen molar-refractivity contribution >= 4 is 15.7 Å². The van der Waals surface area contributed by atoms with E-state index in [1.165, 1.54) is 0 Å². The van der Waals surface area contributed by atoms with Crippen molar-refractivity contribution < 1.29 is 17.9 Å². The van der Waals surface area contributed by atoms with Crippen LogP contribution in [0.4, 0.5) is 0 Å². The highest BCUT2D eigenvalue weighted by atomic mass is 32.2. The van der Waals surface area contributed by atoms with Crippen molar-refractivity contribution in [1.29, 1.82) is 0 Å². The summed E-state index contributed by atoms with van der Waals surface area (Å²) in [7, 11) is -1.37. The molecule has 1 aliphatic heterocycles. The first-order chi connectivity index (χ1) is 8.98. The largest absolute Gasteiger partial charge is 0.497 e. The number of carbonyl (C=O) groups excluding carboxylic acids is 1. The predicted octanol–water partition coefficient (Wildman–Crippen LogP) is 0.541. The third-order valence-electron chi connectivity index (χ3n) is 3.12. The molecule has 104 valence electrons. The number of sulfone groups is 1. The minimum atomic E-state index is -2.95. The molecule has 0 saturated carbocycles. The lowest BCUT2D eigenvalue weighted by molar-refractivity contribution is -0.120. The normalized spacial score (nSPS) is 21.0. The maximum absolute atomic E-state index is 11.8. The molecule has 1 aromatic rings. The molecule has 1 amide bonds. The number of nitrogens with one attached hydrogen (secondary N) is 1. The van der Waals surface area contributed by atoms with Crippen molar-refractivity contribution in [3.63, 3.8) is 0 Å². The van der Waals surface area contributed by atoms with Crippen LogP contribution in [0.5, 0.6) is 5.75 Å². The summed E-state index contributed by atoms with van der Waals surface area (Å²) in [5.74, 6) is 0.820. The summed E-state index contributed by atoms with van der Waals surface area (Å²) in [5.41, 5.74) is 0.874. The van der Waals surface area contributed by atoms with Gasteiger partial charge in [-0.15, -0.1) is 0 Å². The van der Waals surface area contributed by atoms with Crippen LogP contribution in [0.2, 0.25) is 0 Å². The lowest BCUT2D eigenvalue weighted by atomic mass is 10.1. The summed E-state index contributed by atoms with van der Waals surface area (Å²) < 4.78 is 27.6. The van der Waals surface area contributed by atoms with E-state index in [0.717, 1.165) is 11.3 Å². The Kier molecular flexibility index (Phi) is 4.09. The number of benzene rings is 1. The summed E-state index contributed by atoms with van der Waals surface area (Å²) in [4.78, 5) is 11.8. The monoisotopic (exact) mass is 283 g/mol. The van der Waals surface area contributed by atoms with Gasteiger partial charge in [-0.2, -0.15) is 0 Å². The maximum Gasteiger partial charge on any atom is 0.224 e. The third-order valence-corrected chi connectivity index (χ3v) is 4.89. The molecule has 1 fully saturated rings. The Hall–Kier alpha value is -1.56. The zero-order valence-corrected chi connectivity index (χ0v) is 11.6. The molecule has 5 nitrogen and oxygen atoms in total. The standard InChI is InChI=1S/C13H17NO4S/c1-18-12-4-2-10(3-5-12)8-13(15)14-11-6-7-19(16,17)9-11/h2-5,11H,6-9H2,1H3,(H,14,15)/t11-/m1/s1. The molecule has 0 aromatic heterocycles. The van der Waals surface area contributed by atoms with E-state index in [2.05, 4.69) is 5.32 Å². The molecule has 1 saturated heterocycles. The fraction of sp³-hybridized carbons (Fsp3) is 0.462. The molecular formula is C13H17NO4S. The summed E-state index contributed by atoms with van der Waals surface area (Å²) >= 11 is 0. The molecule has 1 aliphatic rings. The zero-order chi connectivity index (χ0) is 13.9. The van der Waals surface area contributed by atoms with E-state index >= 15 is 0 Å². The van der Waals surface area contributed by atoms with Crippen LogP contribution in [0.25, 0.3) is 0 Å². The van der Waals surface area contributed by atoms with E-state index in [9.17, 15) is 13.2 Å². The Labute approximate surface area is 112 Å². The van der Waals surface area contributed by atoms with Crippen molar-refractivity contribution in [1.82, 2.24) is 5.32 Å². The number of hydrogen-bond acceptors (Lipinski definition) is 4. The highest BCUT2D eigenvalue weighted by Crippen LogP contribution is 2.13. The molecule has 0 aliphatic carbocycles. The van der Waals surface area contributed by atoms with Gasteiger partial charge < -0.3 is 10.1 Å². The van der Waals surface area contributed by atoms with Crippen LogP contribution in [-0.2, 0) is 21.1 Å². The smallest absolute Gasteiger partial charge is 0.224 e. The third kappa shape index (κ3) is 3.96. The predicted molar refractivity (Wildman–Crippen MR) is 71.9 cm³/mol. The van der Waals surface area contributed by atoms with E-state index < -0.39 is 9.84 Å². The first-order valence-corrected chi connectivity index (χ1v) is 7.93. The fourth-order valence-corrected chi connectivity index (χ4v) is 3.79. The lowest BCUT2D eigenvalue weighted by Crippen LogP contribution is -2.36. The molecule has 0 radical (unpaired) electrons. The molecule has 1 N–H and O–H groups in total. The molecular weight excluding hydrogens is 266 g/mol. The number of hydrogen-bond donors (Lipinski definition) is 1. The van der Waals surface area contributed by atoms with Crippen molar-refractivity contribution in [2.24, 2.45) is 0 Å². The number of methoxy groups -OCH3 is 1. The van der Waals surface area contributed by atoms with Gasteiger partial charge in [0.1, 0.15) is 5.75 Å². The second-order valence-corrected chi connectivity index (χ2v) is 6.92. The van der Waals surface area contributed by atoms with E-state index in [1.54, 1.807) is 19.2 Å². The Morgan fingerprint density at radius 1 is 1.37 bits per heavy atom. The minimum absolute atomic E-state index is 0.0569. The van der Waals surface area contributed by atoms with E-state index in [4.69, 9.17) is 4.74 Å². The number of rotatable bonds is 4. The van der Waals surface area contributed by atoms with Crippen LogP contribution < -0.4 is 10.1 Å². The van der Waals surface area contributed by atoms with Gasteiger partial charge in [0.15, 0.2) is 9.84 Å². The van der Waals surface area contributed by atoms with Crippen LogP contribution in [0.1, 0.15) is 12.0 Å². The van der Waals surface area contributed by atoms with Crippen molar-refractivity contribution in [3.05, 3.63) is 29.8 Å². The molecule has 0 bridgehead atoms. The molecule has 0 spiro atoms. The van der Waals surface area contributed by atoms with Crippen LogP contribution in [0, 0.1) is 0 Å². The zero-order valence-electron chi connectivity index (χ0n) is 10.8. The van der Waals surface area contributed by atoms with Gasteiger partial charge in [0.2, 0.25) is 5.91 Å². The molecule has 1 atom stereocenters. The molecule has 2 rings (SSSR count). The second kappa shape index (κ2) is 5.61. The van der Waals surface area contributed by atoms with Crippen LogP contribution >= 0.6 is 0 Å². The Morgan fingerprint density at radius 2 is 2.05 bits per heavy atom. The van der Waals surface area contributed by atoms with Gasteiger partial charge in [0.05, 0.1) is 25.0 Å². The fourth-order valence-electron chi connectivity index (χ4n) is 2.12. The summed E-state index contributed by atoms with van der Waals surface area (Å²) in [6.07, 6.45) is 0.761. The van der Waals surface area contributed by atoms with Crippen LogP contribution in [-0.4, -0.2) is 39.0 Å². The van der Waals surface area contributed by atoms with E-state index in [-0.39, 0.29) is 29.9 Å². The van der Waals surface area contributed by atoms with Gasteiger partial charge in [-0.25, -0.2) is 8.42 Å².